The van der Waals surface area contributed by atoms with E-state index in [0.717, 1.165) is 29.4 Å². The number of amidine groups is 1. The van der Waals surface area contributed by atoms with E-state index in [2.05, 4.69) is 25.7 Å². The van der Waals surface area contributed by atoms with Gasteiger partial charge >= 0.3 is 0 Å². The fourth-order valence-electron chi connectivity index (χ4n) is 3.48. The number of likely N-dealkylation sites (tertiary alicyclic amines) is 1. The zero-order chi connectivity index (χ0) is 15.0. The van der Waals surface area contributed by atoms with Crippen molar-refractivity contribution in [3.05, 3.63) is 18.2 Å². The number of fused-ring (bicyclic) bond motifs is 1. The van der Waals surface area contributed by atoms with Crippen LogP contribution in [-0.4, -0.2) is 28.9 Å². The zero-order valence-corrected chi connectivity index (χ0v) is 13.2. The summed E-state index contributed by atoms with van der Waals surface area (Å²) in [6.07, 6.45) is 4.71. The Kier molecular flexibility index (Phi) is 3.79. The van der Waals surface area contributed by atoms with Gasteiger partial charge in [0.15, 0.2) is 6.10 Å². The van der Waals surface area contributed by atoms with Crippen LogP contribution in [0.15, 0.2) is 23.2 Å². The van der Waals surface area contributed by atoms with Crippen molar-refractivity contribution in [1.82, 2.24) is 4.90 Å². The Labute approximate surface area is 127 Å². The van der Waals surface area contributed by atoms with Crippen molar-refractivity contribution in [2.24, 2.45) is 4.99 Å². The van der Waals surface area contributed by atoms with E-state index in [4.69, 9.17) is 15.5 Å². The van der Waals surface area contributed by atoms with Gasteiger partial charge in [-0.25, -0.2) is 4.99 Å². The molecule has 114 valence electrons. The van der Waals surface area contributed by atoms with E-state index in [-0.39, 0.29) is 6.10 Å². The number of nitrogens with two attached hydrogens (primary N) is 1. The van der Waals surface area contributed by atoms with Gasteiger partial charge in [0, 0.05) is 23.8 Å². The molecule has 21 heavy (non-hydrogen) atoms. The Morgan fingerprint density at radius 1 is 1.29 bits per heavy atom. The molecule has 0 saturated carbocycles. The Balaban J connectivity index is 2.00. The van der Waals surface area contributed by atoms with Gasteiger partial charge in [0.25, 0.3) is 0 Å². The lowest BCUT2D eigenvalue weighted by Gasteiger charge is -2.44. The Hall–Kier alpha value is -1.71. The van der Waals surface area contributed by atoms with Gasteiger partial charge in [0.05, 0.1) is 0 Å². The second-order valence-electron chi connectivity index (χ2n) is 6.25. The molecule has 2 N–H and O–H groups in total. The van der Waals surface area contributed by atoms with Crippen LogP contribution in [0.1, 0.15) is 46.5 Å². The molecule has 4 nitrogen and oxygen atoms in total. The number of nitrogen functional groups attached to an aromatic ring is 1. The van der Waals surface area contributed by atoms with Gasteiger partial charge in [0.2, 0.25) is 0 Å². The van der Waals surface area contributed by atoms with Crippen molar-refractivity contribution >= 4 is 17.2 Å². The first-order chi connectivity index (χ1) is 10.1. The predicted octanol–water partition coefficient (Wildman–Crippen LogP) is 3.73. The number of rotatable bonds is 1. The molecule has 1 aromatic rings. The normalized spacial score (nSPS) is 28.6. The van der Waals surface area contributed by atoms with Crippen molar-refractivity contribution in [2.75, 3.05) is 5.73 Å². The third-order valence-electron chi connectivity index (χ3n) is 4.60. The molecule has 1 aromatic carbocycles. The zero-order valence-electron chi connectivity index (χ0n) is 13.2. The number of benzene rings is 1. The van der Waals surface area contributed by atoms with Gasteiger partial charge in [0.1, 0.15) is 17.3 Å². The molecule has 2 aliphatic heterocycles. The van der Waals surface area contributed by atoms with Crippen LogP contribution in [0.4, 0.5) is 11.4 Å². The first kappa shape index (κ1) is 14.2. The third kappa shape index (κ3) is 2.59. The molecule has 3 rings (SSSR count). The van der Waals surface area contributed by atoms with E-state index in [1.807, 2.05) is 18.2 Å². The van der Waals surface area contributed by atoms with Crippen molar-refractivity contribution < 1.29 is 4.74 Å². The molecular weight excluding hydrogens is 262 g/mol. The highest BCUT2D eigenvalue weighted by Gasteiger charge is 2.34. The maximum Gasteiger partial charge on any atom is 0.156 e. The van der Waals surface area contributed by atoms with Crippen LogP contribution >= 0.6 is 0 Å². The summed E-state index contributed by atoms with van der Waals surface area (Å²) in [5.41, 5.74) is 7.47. The monoisotopic (exact) mass is 287 g/mol. The molecule has 2 aliphatic rings. The lowest BCUT2D eigenvalue weighted by molar-refractivity contribution is 0.157. The van der Waals surface area contributed by atoms with Crippen molar-refractivity contribution in [3.8, 4) is 5.75 Å². The molecular formula is C17H25N3O. The maximum absolute atomic E-state index is 6.17. The second-order valence-corrected chi connectivity index (χ2v) is 6.25. The van der Waals surface area contributed by atoms with Crippen LogP contribution in [0, 0.1) is 0 Å². The third-order valence-corrected chi connectivity index (χ3v) is 4.60. The molecule has 0 bridgehead atoms. The number of ether oxygens (including phenoxy) is 1. The summed E-state index contributed by atoms with van der Waals surface area (Å²) in [5.74, 6) is 1.90. The quantitative estimate of drug-likeness (QED) is 0.801. The van der Waals surface area contributed by atoms with Gasteiger partial charge in [-0.2, -0.15) is 0 Å². The van der Waals surface area contributed by atoms with Crippen molar-refractivity contribution in [2.45, 2.75) is 64.6 Å². The summed E-state index contributed by atoms with van der Waals surface area (Å²) in [4.78, 5) is 7.39. The highest BCUT2D eigenvalue weighted by atomic mass is 16.5. The minimum absolute atomic E-state index is 0.0299. The molecule has 0 spiro atoms. The number of hydrogen-bond acceptors (Lipinski definition) is 4. The largest absolute Gasteiger partial charge is 0.480 e. The van der Waals surface area contributed by atoms with E-state index >= 15 is 0 Å². The van der Waals surface area contributed by atoms with Crippen LogP contribution in [0.25, 0.3) is 0 Å². The average molecular weight is 287 g/mol. The lowest BCUT2D eigenvalue weighted by atomic mass is 9.96. The number of hydrogen-bond donors (Lipinski definition) is 1. The summed E-state index contributed by atoms with van der Waals surface area (Å²) in [6.45, 7) is 6.74. The van der Waals surface area contributed by atoms with Crippen LogP contribution < -0.4 is 10.5 Å². The van der Waals surface area contributed by atoms with E-state index in [1.165, 1.54) is 19.3 Å². The molecule has 0 aliphatic carbocycles. The number of aliphatic imine (C=N–C) groups is 1. The number of anilines is 1. The maximum atomic E-state index is 6.17. The predicted molar refractivity (Wildman–Crippen MR) is 87.3 cm³/mol. The molecule has 0 radical (unpaired) electrons. The van der Waals surface area contributed by atoms with E-state index in [0.29, 0.717) is 12.1 Å². The van der Waals surface area contributed by atoms with Gasteiger partial charge in [-0.3, -0.25) is 0 Å². The molecule has 2 heterocycles. The topological polar surface area (TPSA) is 50.9 Å². The van der Waals surface area contributed by atoms with Gasteiger partial charge in [-0.05, 0) is 51.7 Å². The molecule has 3 unspecified atom stereocenters. The Bertz CT molecular complexity index is 545. The fourth-order valence-corrected chi connectivity index (χ4v) is 3.48. The summed E-state index contributed by atoms with van der Waals surface area (Å²) in [5, 5.41) is 0. The van der Waals surface area contributed by atoms with Crippen LogP contribution in [0.3, 0.4) is 0 Å². The van der Waals surface area contributed by atoms with Crippen molar-refractivity contribution in [3.63, 3.8) is 0 Å². The van der Waals surface area contributed by atoms with Gasteiger partial charge < -0.3 is 15.4 Å². The molecule has 1 saturated heterocycles. The summed E-state index contributed by atoms with van der Waals surface area (Å²) < 4.78 is 6.17. The van der Waals surface area contributed by atoms with Crippen LogP contribution in [-0.2, 0) is 0 Å². The van der Waals surface area contributed by atoms with E-state index in [9.17, 15) is 0 Å². The number of nitrogens with zero attached hydrogens (tertiary/aromatic N) is 2. The summed E-state index contributed by atoms with van der Waals surface area (Å²) in [6, 6.07) is 6.77. The average Bonchev–Trinajstić information content (AvgIpc) is 2.46. The lowest BCUT2D eigenvalue weighted by Crippen LogP contribution is -2.53. The van der Waals surface area contributed by atoms with E-state index < -0.39 is 0 Å². The summed E-state index contributed by atoms with van der Waals surface area (Å²) in [7, 11) is 0. The standard InChI is InChI=1S/C17H25N3O/c1-4-15-17(20-11(2)6-5-7-12(20)3)19-14-9-8-13(18)10-16(14)21-15/h8-12,15H,4-7,18H2,1-3H3. The Morgan fingerprint density at radius 3 is 2.67 bits per heavy atom. The smallest absolute Gasteiger partial charge is 0.156 e. The number of piperidine rings is 1. The minimum atomic E-state index is 0.0299. The minimum Gasteiger partial charge on any atom is -0.480 e. The van der Waals surface area contributed by atoms with E-state index in [1.54, 1.807) is 0 Å². The molecule has 4 heteroatoms. The second kappa shape index (κ2) is 5.58. The SMILES string of the molecule is CCC1Oc2cc(N)ccc2N=C1N1C(C)CCCC1C. The molecule has 0 aromatic heterocycles. The highest BCUT2D eigenvalue weighted by Crippen LogP contribution is 2.37. The highest BCUT2D eigenvalue weighted by molar-refractivity contribution is 5.92. The summed E-state index contributed by atoms with van der Waals surface area (Å²) >= 11 is 0. The van der Waals surface area contributed by atoms with Gasteiger partial charge in [-0.15, -0.1) is 0 Å². The van der Waals surface area contributed by atoms with Crippen LogP contribution in [0.5, 0.6) is 5.75 Å². The first-order valence-electron chi connectivity index (χ1n) is 8.03. The van der Waals surface area contributed by atoms with Crippen LogP contribution in [0.2, 0.25) is 0 Å². The molecule has 1 fully saturated rings. The molecule has 0 amide bonds. The fraction of sp³-hybridized carbons (Fsp3) is 0.588. The Morgan fingerprint density at radius 2 is 2.00 bits per heavy atom. The first-order valence-corrected chi connectivity index (χ1v) is 8.03. The van der Waals surface area contributed by atoms with Crippen molar-refractivity contribution in [1.29, 1.82) is 0 Å². The van der Waals surface area contributed by atoms with Gasteiger partial charge in [-0.1, -0.05) is 6.92 Å². The molecule has 3 atom stereocenters.